The van der Waals surface area contributed by atoms with Crippen LogP contribution in [0.5, 0.6) is 5.75 Å². The minimum absolute atomic E-state index is 0.883. The molecule has 0 radical (unpaired) electrons. The molecule has 2 heteroatoms. The summed E-state index contributed by atoms with van der Waals surface area (Å²) in [7, 11) is 1.69. The van der Waals surface area contributed by atoms with Gasteiger partial charge < -0.3 is 4.74 Å². The number of ether oxygens (including phenoxy) is 1. The first-order chi connectivity index (χ1) is 8.29. The lowest BCUT2D eigenvalue weighted by Crippen LogP contribution is -1.84. The first-order valence-electron chi connectivity index (χ1n) is 5.44. The van der Waals surface area contributed by atoms with Crippen molar-refractivity contribution in [2.45, 2.75) is 0 Å². The van der Waals surface area contributed by atoms with Gasteiger partial charge >= 0.3 is 0 Å². The number of rotatable bonds is 1. The Kier molecular flexibility index (Phi) is 2.52. The van der Waals surface area contributed by atoms with E-state index < -0.39 is 0 Å². The number of halogens is 1. The molecule has 1 nitrogen and oxygen atoms in total. The molecule has 0 aliphatic carbocycles. The maximum absolute atomic E-state index is 5.27. The van der Waals surface area contributed by atoms with Crippen LogP contribution in [-0.2, 0) is 0 Å². The molecule has 0 saturated heterocycles. The molecule has 0 aliphatic heterocycles. The van der Waals surface area contributed by atoms with E-state index in [1.165, 1.54) is 21.5 Å². The van der Waals surface area contributed by atoms with Crippen LogP contribution in [0.4, 0.5) is 0 Å². The number of fused-ring (bicyclic) bond motifs is 2. The van der Waals surface area contributed by atoms with Gasteiger partial charge in [-0.2, -0.15) is 0 Å². The number of hydrogen-bond donors (Lipinski definition) is 0. The largest absolute Gasteiger partial charge is 0.497 e. The standard InChI is InChI=1S/C15H11BrO/c1-17-12-7-6-11-8-10-4-2-3-5-13(10)15(16)14(11)9-12/h2-9H,1H3. The monoisotopic (exact) mass is 286 g/mol. The summed E-state index contributed by atoms with van der Waals surface area (Å²) in [4.78, 5) is 0. The van der Waals surface area contributed by atoms with E-state index >= 15 is 0 Å². The molecule has 3 rings (SSSR count). The summed E-state index contributed by atoms with van der Waals surface area (Å²) < 4.78 is 6.40. The lowest BCUT2D eigenvalue weighted by atomic mass is 10.0. The SMILES string of the molecule is COc1ccc2cc3ccccc3c(Br)c2c1. The Morgan fingerprint density at radius 3 is 2.47 bits per heavy atom. The molecule has 0 heterocycles. The Hall–Kier alpha value is -1.54. The highest BCUT2D eigenvalue weighted by molar-refractivity contribution is 9.10. The molecule has 0 spiro atoms. The summed E-state index contributed by atoms with van der Waals surface area (Å²) in [6.07, 6.45) is 0. The van der Waals surface area contributed by atoms with E-state index in [4.69, 9.17) is 4.74 Å². The first kappa shape index (κ1) is 10.6. The van der Waals surface area contributed by atoms with Gasteiger partial charge in [-0.05, 0) is 50.3 Å². The molecule has 0 aliphatic rings. The molecule has 0 atom stereocenters. The fraction of sp³-hybridized carbons (Fsp3) is 0.0667. The Balaban J connectivity index is 2.46. The van der Waals surface area contributed by atoms with Gasteiger partial charge in [-0.25, -0.2) is 0 Å². The van der Waals surface area contributed by atoms with E-state index in [2.05, 4.69) is 58.4 Å². The maximum atomic E-state index is 5.27. The summed E-state index contributed by atoms with van der Waals surface area (Å²) in [5.41, 5.74) is 0. The Labute approximate surface area is 108 Å². The predicted molar refractivity (Wildman–Crippen MR) is 75.7 cm³/mol. The average Bonchev–Trinajstić information content (AvgIpc) is 2.39. The molecule has 84 valence electrons. The molecule has 3 aromatic rings. The van der Waals surface area contributed by atoms with Gasteiger partial charge in [-0.1, -0.05) is 30.3 Å². The van der Waals surface area contributed by atoms with E-state index in [-0.39, 0.29) is 0 Å². The van der Waals surface area contributed by atoms with Crippen molar-refractivity contribution in [3.8, 4) is 5.75 Å². The normalized spacial score (nSPS) is 10.9. The Bertz CT molecular complexity index is 704. The predicted octanol–water partition coefficient (Wildman–Crippen LogP) is 4.76. The fourth-order valence-corrected chi connectivity index (χ4v) is 2.82. The molecule has 0 aromatic heterocycles. The van der Waals surface area contributed by atoms with Gasteiger partial charge in [0.15, 0.2) is 0 Å². The summed E-state index contributed by atoms with van der Waals surface area (Å²) in [6, 6.07) is 16.7. The summed E-state index contributed by atoms with van der Waals surface area (Å²) in [5.74, 6) is 0.883. The van der Waals surface area contributed by atoms with Gasteiger partial charge in [-0.15, -0.1) is 0 Å². The first-order valence-corrected chi connectivity index (χ1v) is 6.24. The van der Waals surface area contributed by atoms with Crippen LogP contribution in [-0.4, -0.2) is 7.11 Å². The fourth-order valence-electron chi connectivity index (χ4n) is 2.11. The molecule has 0 fully saturated rings. The van der Waals surface area contributed by atoms with Crippen LogP contribution >= 0.6 is 15.9 Å². The van der Waals surface area contributed by atoms with Crippen LogP contribution in [0, 0.1) is 0 Å². The van der Waals surface area contributed by atoms with Crippen LogP contribution in [0.3, 0.4) is 0 Å². The van der Waals surface area contributed by atoms with Crippen LogP contribution in [0.2, 0.25) is 0 Å². The van der Waals surface area contributed by atoms with Crippen molar-refractivity contribution in [2.24, 2.45) is 0 Å². The van der Waals surface area contributed by atoms with Crippen LogP contribution in [0.15, 0.2) is 53.0 Å². The van der Waals surface area contributed by atoms with Gasteiger partial charge in [-0.3, -0.25) is 0 Å². The number of methoxy groups -OCH3 is 1. The second kappa shape index (κ2) is 4.04. The van der Waals surface area contributed by atoms with Crippen molar-refractivity contribution in [1.29, 1.82) is 0 Å². The average molecular weight is 287 g/mol. The van der Waals surface area contributed by atoms with Crippen LogP contribution in [0.25, 0.3) is 21.5 Å². The molecule has 0 bridgehead atoms. The third-order valence-electron chi connectivity index (χ3n) is 3.01. The lowest BCUT2D eigenvalue weighted by molar-refractivity contribution is 0.415. The Morgan fingerprint density at radius 2 is 1.65 bits per heavy atom. The summed E-state index contributed by atoms with van der Waals surface area (Å²) in [6.45, 7) is 0. The minimum atomic E-state index is 0.883. The van der Waals surface area contributed by atoms with Crippen molar-refractivity contribution < 1.29 is 4.74 Å². The lowest BCUT2D eigenvalue weighted by Gasteiger charge is -2.08. The smallest absolute Gasteiger partial charge is 0.119 e. The summed E-state index contributed by atoms with van der Waals surface area (Å²) in [5, 5.41) is 4.88. The highest BCUT2D eigenvalue weighted by atomic mass is 79.9. The third-order valence-corrected chi connectivity index (χ3v) is 3.86. The minimum Gasteiger partial charge on any atom is -0.497 e. The van der Waals surface area contributed by atoms with E-state index in [0.717, 1.165) is 10.2 Å². The molecular formula is C15H11BrO. The van der Waals surface area contributed by atoms with Crippen LogP contribution < -0.4 is 4.74 Å². The van der Waals surface area contributed by atoms with Gasteiger partial charge in [0.1, 0.15) is 5.75 Å². The molecular weight excluding hydrogens is 276 g/mol. The molecule has 17 heavy (non-hydrogen) atoms. The van der Waals surface area contributed by atoms with Crippen molar-refractivity contribution in [1.82, 2.24) is 0 Å². The van der Waals surface area contributed by atoms with Crippen molar-refractivity contribution in [2.75, 3.05) is 7.11 Å². The van der Waals surface area contributed by atoms with Crippen molar-refractivity contribution in [3.05, 3.63) is 53.0 Å². The van der Waals surface area contributed by atoms with Gasteiger partial charge in [0.2, 0.25) is 0 Å². The van der Waals surface area contributed by atoms with Gasteiger partial charge in [0.05, 0.1) is 7.11 Å². The van der Waals surface area contributed by atoms with Crippen LogP contribution in [0.1, 0.15) is 0 Å². The van der Waals surface area contributed by atoms with E-state index in [9.17, 15) is 0 Å². The second-order valence-electron chi connectivity index (χ2n) is 4.00. The van der Waals surface area contributed by atoms with E-state index in [1.807, 2.05) is 6.07 Å². The summed E-state index contributed by atoms with van der Waals surface area (Å²) >= 11 is 3.69. The highest BCUT2D eigenvalue weighted by Crippen LogP contribution is 2.34. The number of benzene rings is 3. The maximum Gasteiger partial charge on any atom is 0.119 e. The number of hydrogen-bond acceptors (Lipinski definition) is 1. The molecule has 3 aromatic carbocycles. The van der Waals surface area contributed by atoms with Crippen molar-refractivity contribution >= 4 is 37.5 Å². The van der Waals surface area contributed by atoms with Gasteiger partial charge in [0.25, 0.3) is 0 Å². The zero-order valence-electron chi connectivity index (χ0n) is 9.41. The van der Waals surface area contributed by atoms with E-state index in [1.54, 1.807) is 7.11 Å². The third kappa shape index (κ3) is 1.69. The van der Waals surface area contributed by atoms with Gasteiger partial charge in [0, 0.05) is 9.86 Å². The molecule has 0 unspecified atom stereocenters. The quantitative estimate of drug-likeness (QED) is 0.586. The second-order valence-corrected chi connectivity index (χ2v) is 4.79. The zero-order valence-corrected chi connectivity index (χ0v) is 11.0. The highest BCUT2D eigenvalue weighted by Gasteiger charge is 2.05. The topological polar surface area (TPSA) is 9.23 Å². The van der Waals surface area contributed by atoms with Crippen molar-refractivity contribution in [3.63, 3.8) is 0 Å². The molecule has 0 amide bonds. The molecule has 0 saturated carbocycles. The molecule has 0 N–H and O–H groups in total. The Morgan fingerprint density at radius 1 is 0.882 bits per heavy atom. The zero-order chi connectivity index (χ0) is 11.8. The van der Waals surface area contributed by atoms with E-state index in [0.29, 0.717) is 0 Å².